The average molecular weight is 277 g/mol. The van der Waals surface area contributed by atoms with E-state index in [2.05, 4.69) is 30.2 Å². The van der Waals surface area contributed by atoms with Gasteiger partial charge < -0.3 is 9.80 Å². The van der Waals surface area contributed by atoms with Gasteiger partial charge in [0.2, 0.25) is 17.8 Å². The summed E-state index contributed by atoms with van der Waals surface area (Å²) in [4.78, 5) is 18.0. The standard InChI is InChI=1S/C13H23N7/c14-18-11-15-12(19-7-3-1-2-4-8-19)17-13(16-11)20-9-5-6-10-20/h1-10,14H2,(H,15,16,17,18). The minimum atomic E-state index is 0.459. The topological polar surface area (TPSA) is 83.2 Å². The summed E-state index contributed by atoms with van der Waals surface area (Å²) < 4.78 is 0. The molecule has 0 saturated carbocycles. The fraction of sp³-hybridized carbons (Fsp3) is 0.769. The summed E-state index contributed by atoms with van der Waals surface area (Å²) in [6.45, 7) is 4.09. The van der Waals surface area contributed by atoms with Crippen molar-refractivity contribution < 1.29 is 0 Å². The molecule has 1 aromatic rings. The zero-order valence-corrected chi connectivity index (χ0v) is 11.9. The molecule has 20 heavy (non-hydrogen) atoms. The molecule has 3 heterocycles. The van der Waals surface area contributed by atoms with Gasteiger partial charge in [-0.2, -0.15) is 15.0 Å². The van der Waals surface area contributed by atoms with Crippen LogP contribution in [0.1, 0.15) is 38.5 Å². The van der Waals surface area contributed by atoms with E-state index in [0.29, 0.717) is 5.95 Å². The Bertz CT molecular complexity index is 436. The lowest BCUT2D eigenvalue weighted by atomic mass is 10.2. The maximum Gasteiger partial charge on any atom is 0.243 e. The van der Waals surface area contributed by atoms with Crippen molar-refractivity contribution >= 4 is 17.8 Å². The SMILES string of the molecule is NNc1nc(N2CCCCCC2)nc(N2CCCC2)n1. The largest absolute Gasteiger partial charge is 0.341 e. The number of nitrogens with two attached hydrogens (primary N) is 1. The van der Waals surface area contributed by atoms with E-state index in [-0.39, 0.29) is 0 Å². The first kappa shape index (κ1) is 13.4. The normalized spacial score (nSPS) is 20.1. The highest BCUT2D eigenvalue weighted by Crippen LogP contribution is 2.22. The molecule has 7 heteroatoms. The molecule has 110 valence electrons. The highest BCUT2D eigenvalue weighted by Gasteiger charge is 2.20. The fourth-order valence-electron chi connectivity index (χ4n) is 2.89. The molecule has 2 aliphatic heterocycles. The summed E-state index contributed by atoms with van der Waals surface area (Å²) in [6.07, 6.45) is 7.41. The number of hydrogen-bond donors (Lipinski definition) is 2. The van der Waals surface area contributed by atoms with E-state index in [9.17, 15) is 0 Å². The lowest BCUT2D eigenvalue weighted by Crippen LogP contribution is -2.29. The van der Waals surface area contributed by atoms with Crippen LogP contribution in [-0.4, -0.2) is 41.1 Å². The van der Waals surface area contributed by atoms with Gasteiger partial charge in [-0.1, -0.05) is 12.8 Å². The Morgan fingerprint density at radius 1 is 0.700 bits per heavy atom. The van der Waals surface area contributed by atoms with Gasteiger partial charge in [-0.3, -0.25) is 5.43 Å². The molecule has 2 fully saturated rings. The molecule has 0 aliphatic carbocycles. The van der Waals surface area contributed by atoms with Gasteiger partial charge in [0.15, 0.2) is 0 Å². The Hall–Kier alpha value is -1.63. The van der Waals surface area contributed by atoms with E-state index in [0.717, 1.165) is 38.1 Å². The highest BCUT2D eigenvalue weighted by atomic mass is 15.4. The van der Waals surface area contributed by atoms with Crippen LogP contribution in [0.15, 0.2) is 0 Å². The van der Waals surface area contributed by atoms with Crippen molar-refractivity contribution in [1.82, 2.24) is 15.0 Å². The third-order valence-electron chi connectivity index (χ3n) is 4.02. The average Bonchev–Trinajstić information content (AvgIpc) is 2.89. The van der Waals surface area contributed by atoms with Crippen molar-refractivity contribution in [3.05, 3.63) is 0 Å². The van der Waals surface area contributed by atoms with Crippen molar-refractivity contribution in [2.24, 2.45) is 5.84 Å². The van der Waals surface area contributed by atoms with Crippen LogP contribution >= 0.6 is 0 Å². The first-order chi connectivity index (χ1) is 9.86. The molecular formula is C13H23N7. The molecule has 1 aromatic heterocycles. The summed E-state index contributed by atoms with van der Waals surface area (Å²) >= 11 is 0. The van der Waals surface area contributed by atoms with Crippen LogP contribution < -0.4 is 21.1 Å². The van der Waals surface area contributed by atoms with Gasteiger partial charge in [0.25, 0.3) is 0 Å². The maximum absolute atomic E-state index is 5.51. The first-order valence-electron chi connectivity index (χ1n) is 7.59. The second kappa shape index (κ2) is 6.21. The lowest BCUT2D eigenvalue weighted by molar-refractivity contribution is 0.726. The number of nitrogen functional groups attached to an aromatic ring is 1. The van der Waals surface area contributed by atoms with Crippen molar-refractivity contribution in [3.8, 4) is 0 Å². The van der Waals surface area contributed by atoms with Crippen LogP contribution in [0, 0.1) is 0 Å². The molecule has 3 N–H and O–H groups in total. The van der Waals surface area contributed by atoms with E-state index in [1.807, 2.05) is 0 Å². The van der Waals surface area contributed by atoms with Crippen molar-refractivity contribution in [2.45, 2.75) is 38.5 Å². The summed E-state index contributed by atoms with van der Waals surface area (Å²) in [7, 11) is 0. The molecule has 2 aliphatic rings. The molecule has 0 bridgehead atoms. The van der Waals surface area contributed by atoms with Gasteiger partial charge in [0.05, 0.1) is 0 Å². The monoisotopic (exact) mass is 277 g/mol. The van der Waals surface area contributed by atoms with E-state index in [1.165, 1.54) is 38.5 Å². The van der Waals surface area contributed by atoms with E-state index >= 15 is 0 Å². The van der Waals surface area contributed by atoms with Crippen LogP contribution in [0.3, 0.4) is 0 Å². The zero-order valence-electron chi connectivity index (χ0n) is 11.9. The van der Waals surface area contributed by atoms with Crippen molar-refractivity contribution in [3.63, 3.8) is 0 Å². The Kier molecular flexibility index (Phi) is 4.15. The van der Waals surface area contributed by atoms with Crippen LogP contribution in [0.5, 0.6) is 0 Å². The second-order valence-electron chi connectivity index (χ2n) is 5.50. The van der Waals surface area contributed by atoms with Gasteiger partial charge in [-0.15, -0.1) is 0 Å². The van der Waals surface area contributed by atoms with Crippen molar-refractivity contribution in [2.75, 3.05) is 41.4 Å². The van der Waals surface area contributed by atoms with Crippen molar-refractivity contribution in [1.29, 1.82) is 0 Å². The Morgan fingerprint density at radius 3 is 1.60 bits per heavy atom. The Labute approximate surface area is 119 Å². The number of anilines is 3. The lowest BCUT2D eigenvalue weighted by Gasteiger charge is -2.23. The molecule has 7 nitrogen and oxygen atoms in total. The third-order valence-corrected chi connectivity index (χ3v) is 4.02. The van der Waals surface area contributed by atoms with Gasteiger partial charge in [-0.25, -0.2) is 5.84 Å². The first-order valence-corrected chi connectivity index (χ1v) is 7.59. The Morgan fingerprint density at radius 2 is 1.15 bits per heavy atom. The number of nitrogens with one attached hydrogen (secondary N) is 1. The fourth-order valence-corrected chi connectivity index (χ4v) is 2.89. The molecular weight excluding hydrogens is 254 g/mol. The Balaban J connectivity index is 1.86. The molecule has 3 rings (SSSR count). The number of aromatic nitrogens is 3. The molecule has 0 unspecified atom stereocenters. The van der Waals surface area contributed by atoms with Crippen LogP contribution in [0.25, 0.3) is 0 Å². The van der Waals surface area contributed by atoms with E-state index < -0.39 is 0 Å². The smallest absolute Gasteiger partial charge is 0.243 e. The van der Waals surface area contributed by atoms with Gasteiger partial charge in [0, 0.05) is 26.2 Å². The van der Waals surface area contributed by atoms with Crippen LogP contribution in [0.2, 0.25) is 0 Å². The quantitative estimate of drug-likeness (QED) is 0.633. The minimum absolute atomic E-state index is 0.459. The molecule has 0 amide bonds. The molecule has 0 atom stereocenters. The van der Waals surface area contributed by atoms with E-state index in [4.69, 9.17) is 5.84 Å². The summed E-state index contributed by atoms with van der Waals surface area (Å²) in [5, 5.41) is 0. The number of nitrogens with zero attached hydrogens (tertiary/aromatic N) is 5. The van der Waals surface area contributed by atoms with Crippen LogP contribution in [0.4, 0.5) is 17.8 Å². The number of hydrazine groups is 1. The predicted molar refractivity (Wildman–Crippen MR) is 79.8 cm³/mol. The third kappa shape index (κ3) is 2.92. The van der Waals surface area contributed by atoms with Gasteiger partial charge in [-0.05, 0) is 25.7 Å². The number of rotatable bonds is 3. The summed E-state index contributed by atoms with van der Waals surface area (Å²) in [5.41, 5.74) is 2.57. The zero-order chi connectivity index (χ0) is 13.8. The molecule has 0 aromatic carbocycles. The van der Waals surface area contributed by atoms with E-state index in [1.54, 1.807) is 0 Å². The van der Waals surface area contributed by atoms with Crippen LogP contribution in [-0.2, 0) is 0 Å². The summed E-state index contributed by atoms with van der Waals surface area (Å²) in [5.74, 6) is 7.48. The molecule has 2 saturated heterocycles. The van der Waals surface area contributed by atoms with Gasteiger partial charge in [0.1, 0.15) is 0 Å². The predicted octanol–water partition coefficient (Wildman–Crippen LogP) is 1.14. The summed E-state index contributed by atoms with van der Waals surface area (Å²) in [6, 6.07) is 0. The van der Waals surface area contributed by atoms with Gasteiger partial charge >= 0.3 is 0 Å². The molecule has 0 spiro atoms. The minimum Gasteiger partial charge on any atom is -0.341 e. The highest BCUT2D eigenvalue weighted by molar-refractivity contribution is 5.45. The molecule has 0 radical (unpaired) electrons. The number of hydrogen-bond acceptors (Lipinski definition) is 7. The maximum atomic E-state index is 5.51. The second-order valence-corrected chi connectivity index (χ2v) is 5.50.